The Labute approximate surface area is 113 Å². The van der Waals surface area contributed by atoms with Gasteiger partial charge in [-0.05, 0) is 30.0 Å². The molecule has 1 unspecified atom stereocenters. The average molecular weight is 260 g/mol. The van der Waals surface area contributed by atoms with E-state index in [-0.39, 0.29) is 11.8 Å². The van der Waals surface area contributed by atoms with Crippen LogP contribution in [0.1, 0.15) is 31.3 Å². The first-order chi connectivity index (χ1) is 9.06. The summed E-state index contributed by atoms with van der Waals surface area (Å²) >= 11 is 0. The highest BCUT2D eigenvalue weighted by molar-refractivity contribution is 5.26. The topological polar surface area (TPSA) is 77.0 Å². The Morgan fingerprint density at radius 3 is 2.58 bits per heavy atom. The molecule has 0 aliphatic rings. The fourth-order valence-corrected chi connectivity index (χ4v) is 2.06. The molecule has 102 valence electrons. The summed E-state index contributed by atoms with van der Waals surface area (Å²) in [5.74, 6) is 1.60. The molecule has 0 bridgehead atoms. The standard InChI is InChI=1S/C14H20N4O/c1-10(2)8-18-9-16-17-14(18)13(15)7-11-3-5-12(19)6-4-11/h3-6,9-10,13,19H,7-8,15H2,1-2H3. The molecular formula is C14H20N4O. The molecule has 0 aliphatic carbocycles. The third-order valence-corrected chi connectivity index (χ3v) is 2.93. The molecule has 1 aromatic heterocycles. The highest BCUT2D eigenvalue weighted by Crippen LogP contribution is 2.17. The highest BCUT2D eigenvalue weighted by atomic mass is 16.3. The molecule has 0 radical (unpaired) electrons. The van der Waals surface area contributed by atoms with Gasteiger partial charge in [-0.3, -0.25) is 0 Å². The summed E-state index contributed by atoms with van der Waals surface area (Å²) in [4.78, 5) is 0. The number of benzene rings is 1. The first-order valence-corrected chi connectivity index (χ1v) is 6.47. The second kappa shape index (κ2) is 5.84. The van der Waals surface area contributed by atoms with E-state index in [9.17, 15) is 5.11 Å². The number of hydrogen-bond acceptors (Lipinski definition) is 4. The third kappa shape index (κ3) is 3.54. The highest BCUT2D eigenvalue weighted by Gasteiger charge is 2.15. The van der Waals surface area contributed by atoms with Gasteiger partial charge in [-0.25, -0.2) is 0 Å². The van der Waals surface area contributed by atoms with Crippen molar-refractivity contribution in [1.29, 1.82) is 0 Å². The molecule has 0 spiro atoms. The zero-order valence-corrected chi connectivity index (χ0v) is 11.3. The van der Waals surface area contributed by atoms with Crippen molar-refractivity contribution in [2.75, 3.05) is 0 Å². The van der Waals surface area contributed by atoms with Crippen LogP contribution in [0.4, 0.5) is 0 Å². The molecule has 3 N–H and O–H groups in total. The largest absolute Gasteiger partial charge is 0.508 e. The molecule has 0 fully saturated rings. The van der Waals surface area contributed by atoms with E-state index in [0.29, 0.717) is 12.3 Å². The second-order valence-electron chi connectivity index (χ2n) is 5.21. The van der Waals surface area contributed by atoms with Crippen molar-refractivity contribution in [2.45, 2.75) is 32.9 Å². The van der Waals surface area contributed by atoms with Gasteiger partial charge >= 0.3 is 0 Å². The van der Waals surface area contributed by atoms with Gasteiger partial charge in [-0.15, -0.1) is 10.2 Å². The molecule has 2 rings (SSSR count). The van der Waals surface area contributed by atoms with Crippen LogP contribution >= 0.6 is 0 Å². The summed E-state index contributed by atoms with van der Waals surface area (Å²) < 4.78 is 2.01. The monoisotopic (exact) mass is 260 g/mol. The molecule has 5 heteroatoms. The van der Waals surface area contributed by atoms with E-state index in [0.717, 1.165) is 17.9 Å². The summed E-state index contributed by atoms with van der Waals surface area (Å²) in [6.07, 6.45) is 2.41. The van der Waals surface area contributed by atoms with E-state index in [1.807, 2.05) is 16.7 Å². The van der Waals surface area contributed by atoms with Crippen LogP contribution in [0.5, 0.6) is 5.75 Å². The third-order valence-electron chi connectivity index (χ3n) is 2.93. The number of phenols is 1. The average Bonchev–Trinajstić information content (AvgIpc) is 2.79. The van der Waals surface area contributed by atoms with Crippen molar-refractivity contribution in [1.82, 2.24) is 14.8 Å². The fourth-order valence-electron chi connectivity index (χ4n) is 2.06. The van der Waals surface area contributed by atoms with Gasteiger partial charge in [-0.2, -0.15) is 0 Å². The van der Waals surface area contributed by atoms with Crippen LogP contribution in [-0.4, -0.2) is 19.9 Å². The minimum atomic E-state index is -0.189. The lowest BCUT2D eigenvalue weighted by Gasteiger charge is -2.14. The van der Waals surface area contributed by atoms with Crippen LogP contribution < -0.4 is 5.73 Å². The lowest BCUT2D eigenvalue weighted by Crippen LogP contribution is -2.20. The van der Waals surface area contributed by atoms with Crippen LogP contribution in [0.2, 0.25) is 0 Å². The number of hydrogen-bond donors (Lipinski definition) is 2. The van der Waals surface area contributed by atoms with Crippen molar-refractivity contribution in [3.8, 4) is 5.75 Å². The molecule has 1 atom stereocenters. The van der Waals surface area contributed by atoms with Crippen LogP contribution in [0.25, 0.3) is 0 Å². The molecule has 1 heterocycles. The first-order valence-electron chi connectivity index (χ1n) is 6.47. The predicted octanol–water partition coefficient (Wildman–Crippen LogP) is 1.88. The molecule has 19 heavy (non-hydrogen) atoms. The Balaban J connectivity index is 2.09. The summed E-state index contributed by atoms with van der Waals surface area (Å²) in [6, 6.07) is 6.89. The first kappa shape index (κ1) is 13.5. The minimum Gasteiger partial charge on any atom is -0.508 e. The second-order valence-corrected chi connectivity index (χ2v) is 5.21. The fraction of sp³-hybridized carbons (Fsp3) is 0.429. The molecule has 0 aliphatic heterocycles. The Kier molecular flexibility index (Phi) is 4.16. The quantitative estimate of drug-likeness (QED) is 0.860. The minimum absolute atomic E-state index is 0.189. The van der Waals surface area contributed by atoms with Crippen molar-refractivity contribution >= 4 is 0 Å². The van der Waals surface area contributed by atoms with Gasteiger partial charge in [0.15, 0.2) is 0 Å². The van der Waals surface area contributed by atoms with Gasteiger partial charge in [0.2, 0.25) is 0 Å². The zero-order chi connectivity index (χ0) is 13.8. The van der Waals surface area contributed by atoms with Crippen LogP contribution in [0.15, 0.2) is 30.6 Å². The van der Waals surface area contributed by atoms with Crippen molar-refractivity contribution in [3.63, 3.8) is 0 Å². The smallest absolute Gasteiger partial charge is 0.150 e. The number of rotatable bonds is 5. The normalized spacial score (nSPS) is 12.8. The summed E-state index contributed by atoms with van der Waals surface area (Å²) in [6.45, 7) is 5.16. The maximum atomic E-state index is 9.26. The Bertz CT molecular complexity index is 518. The van der Waals surface area contributed by atoms with Crippen molar-refractivity contribution < 1.29 is 5.11 Å². The number of aromatic hydroxyl groups is 1. The SMILES string of the molecule is CC(C)Cn1cnnc1C(N)Cc1ccc(O)cc1. The molecule has 5 nitrogen and oxygen atoms in total. The maximum Gasteiger partial charge on any atom is 0.150 e. The Morgan fingerprint density at radius 2 is 1.95 bits per heavy atom. The summed E-state index contributed by atoms with van der Waals surface area (Å²) in [5, 5.41) is 17.3. The number of aromatic nitrogens is 3. The lowest BCUT2D eigenvalue weighted by atomic mass is 10.1. The summed E-state index contributed by atoms with van der Waals surface area (Å²) in [5.41, 5.74) is 7.27. The number of phenolic OH excluding ortho intramolecular Hbond substituents is 1. The van der Waals surface area contributed by atoms with Gasteiger partial charge in [0.1, 0.15) is 17.9 Å². The van der Waals surface area contributed by atoms with E-state index >= 15 is 0 Å². The van der Waals surface area contributed by atoms with Gasteiger partial charge in [0, 0.05) is 6.54 Å². The van der Waals surface area contributed by atoms with E-state index in [4.69, 9.17) is 5.73 Å². The molecule has 0 saturated carbocycles. The lowest BCUT2D eigenvalue weighted by molar-refractivity contribution is 0.474. The molecule has 1 aromatic carbocycles. The van der Waals surface area contributed by atoms with E-state index in [2.05, 4.69) is 24.0 Å². The molecule has 0 amide bonds. The Morgan fingerprint density at radius 1 is 1.26 bits per heavy atom. The maximum absolute atomic E-state index is 9.26. The van der Waals surface area contributed by atoms with Crippen LogP contribution in [0, 0.1) is 5.92 Å². The van der Waals surface area contributed by atoms with E-state index in [1.54, 1.807) is 18.5 Å². The number of nitrogens with zero attached hydrogens (tertiary/aromatic N) is 3. The van der Waals surface area contributed by atoms with Crippen molar-refractivity contribution in [2.24, 2.45) is 11.7 Å². The molecule has 0 saturated heterocycles. The van der Waals surface area contributed by atoms with Crippen LogP contribution in [-0.2, 0) is 13.0 Å². The predicted molar refractivity (Wildman–Crippen MR) is 73.6 cm³/mol. The van der Waals surface area contributed by atoms with Gasteiger partial charge in [0.25, 0.3) is 0 Å². The van der Waals surface area contributed by atoms with Gasteiger partial charge < -0.3 is 15.4 Å². The zero-order valence-electron chi connectivity index (χ0n) is 11.3. The van der Waals surface area contributed by atoms with Crippen LogP contribution in [0.3, 0.4) is 0 Å². The Hall–Kier alpha value is -1.88. The molecular weight excluding hydrogens is 240 g/mol. The summed E-state index contributed by atoms with van der Waals surface area (Å²) in [7, 11) is 0. The number of nitrogens with two attached hydrogens (primary N) is 1. The van der Waals surface area contributed by atoms with E-state index < -0.39 is 0 Å². The molecule has 2 aromatic rings. The van der Waals surface area contributed by atoms with Gasteiger partial charge in [0.05, 0.1) is 6.04 Å². The van der Waals surface area contributed by atoms with E-state index in [1.165, 1.54) is 0 Å². The van der Waals surface area contributed by atoms with Crippen molar-refractivity contribution in [3.05, 3.63) is 42.0 Å². The van der Waals surface area contributed by atoms with Gasteiger partial charge in [-0.1, -0.05) is 26.0 Å².